The van der Waals surface area contributed by atoms with Gasteiger partial charge in [-0.15, -0.1) is 16.4 Å². The molecule has 0 aliphatic heterocycles. The summed E-state index contributed by atoms with van der Waals surface area (Å²) in [6, 6.07) is 4.77. The standard InChI is InChI=1S/C12H18N4OS/c1-3-9-5-6-10(18-9)7-14-12-16-15-11(17-12)8-13-4-2/h5-6,13H,3-4,7-8H2,1-2H3,(H,14,16). The second-order valence-corrected chi connectivity index (χ2v) is 5.11. The van der Waals surface area contributed by atoms with Crippen LogP contribution in [0.1, 0.15) is 29.5 Å². The average molecular weight is 266 g/mol. The molecule has 0 amide bonds. The molecule has 0 saturated heterocycles. The third-order valence-electron chi connectivity index (χ3n) is 2.47. The Morgan fingerprint density at radius 3 is 2.72 bits per heavy atom. The van der Waals surface area contributed by atoms with Crippen molar-refractivity contribution in [3.63, 3.8) is 0 Å². The van der Waals surface area contributed by atoms with E-state index in [1.54, 1.807) is 0 Å². The summed E-state index contributed by atoms with van der Waals surface area (Å²) in [6.45, 7) is 6.43. The predicted molar refractivity (Wildman–Crippen MR) is 72.7 cm³/mol. The third kappa shape index (κ3) is 3.54. The number of nitrogens with zero attached hydrogens (tertiary/aromatic N) is 2. The summed E-state index contributed by atoms with van der Waals surface area (Å²) < 4.78 is 5.45. The zero-order valence-electron chi connectivity index (χ0n) is 10.7. The largest absolute Gasteiger partial charge is 0.407 e. The van der Waals surface area contributed by atoms with Crippen molar-refractivity contribution in [2.75, 3.05) is 11.9 Å². The first-order valence-electron chi connectivity index (χ1n) is 6.16. The molecule has 0 unspecified atom stereocenters. The highest BCUT2D eigenvalue weighted by Gasteiger charge is 2.05. The fraction of sp³-hybridized carbons (Fsp3) is 0.500. The Bertz CT molecular complexity index is 480. The second kappa shape index (κ2) is 6.51. The molecular weight excluding hydrogens is 248 g/mol. The average Bonchev–Trinajstić information content (AvgIpc) is 3.03. The van der Waals surface area contributed by atoms with Crippen LogP contribution in [0.25, 0.3) is 0 Å². The van der Waals surface area contributed by atoms with E-state index in [0.29, 0.717) is 18.5 Å². The maximum atomic E-state index is 5.45. The Morgan fingerprint density at radius 2 is 2.00 bits per heavy atom. The summed E-state index contributed by atoms with van der Waals surface area (Å²) in [4.78, 5) is 2.67. The van der Waals surface area contributed by atoms with Gasteiger partial charge in [-0.3, -0.25) is 0 Å². The van der Waals surface area contributed by atoms with Crippen molar-refractivity contribution in [1.82, 2.24) is 15.5 Å². The van der Waals surface area contributed by atoms with E-state index in [4.69, 9.17) is 4.42 Å². The molecule has 0 saturated carbocycles. The Labute approximate surface area is 111 Å². The summed E-state index contributed by atoms with van der Waals surface area (Å²) in [5.74, 6) is 0.611. The van der Waals surface area contributed by atoms with Crippen LogP contribution in [0.2, 0.25) is 0 Å². The van der Waals surface area contributed by atoms with Gasteiger partial charge in [0.25, 0.3) is 0 Å². The molecule has 2 rings (SSSR count). The highest BCUT2D eigenvalue weighted by atomic mass is 32.1. The number of aryl methyl sites for hydroxylation is 1. The van der Waals surface area contributed by atoms with Crippen LogP contribution in [-0.4, -0.2) is 16.7 Å². The molecule has 0 fully saturated rings. The SMILES string of the molecule is CCNCc1nnc(NCc2ccc(CC)s2)o1. The molecule has 2 aromatic rings. The minimum absolute atomic E-state index is 0.481. The van der Waals surface area contributed by atoms with Crippen LogP contribution in [0.3, 0.4) is 0 Å². The molecular formula is C12H18N4OS. The number of anilines is 1. The molecule has 0 aliphatic carbocycles. The molecule has 0 atom stereocenters. The molecule has 2 heterocycles. The van der Waals surface area contributed by atoms with Crippen molar-refractivity contribution < 1.29 is 4.42 Å². The van der Waals surface area contributed by atoms with Crippen LogP contribution < -0.4 is 10.6 Å². The van der Waals surface area contributed by atoms with E-state index in [9.17, 15) is 0 Å². The Balaban J connectivity index is 1.84. The van der Waals surface area contributed by atoms with Crippen molar-refractivity contribution in [2.45, 2.75) is 33.4 Å². The minimum Gasteiger partial charge on any atom is -0.407 e. The quantitative estimate of drug-likeness (QED) is 0.806. The fourth-order valence-corrected chi connectivity index (χ4v) is 2.40. The maximum absolute atomic E-state index is 5.45. The molecule has 5 nitrogen and oxygen atoms in total. The molecule has 0 aromatic carbocycles. The van der Waals surface area contributed by atoms with Gasteiger partial charge in [0.15, 0.2) is 0 Å². The minimum atomic E-state index is 0.481. The monoisotopic (exact) mass is 266 g/mol. The van der Waals surface area contributed by atoms with Gasteiger partial charge in [-0.1, -0.05) is 18.9 Å². The molecule has 0 spiro atoms. The van der Waals surface area contributed by atoms with Gasteiger partial charge in [-0.25, -0.2) is 0 Å². The lowest BCUT2D eigenvalue weighted by Gasteiger charge is -1.98. The highest BCUT2D eigenvalue weighted by molar-refractivity contribution is 7.12. The van der Waals surface area contributed by atoms with E-state index >= 15 is 0 Å². The number of nitrogens with one attached hydrogen (secondary N) is 2. The van der Waals surface area contributed by atoms with Gasteiger partial charge in [0, 0.05) is 9.75 Å². The van der Waals surface area contributed by atoms with Crippen LogP contribution in [0.5, 0.6) is 0 Å². The molecule has 2 aromatic heterocycles. The lowest BCUT2D eigenvalue weighted by Crippen LogP contribution is -2.11. The van der Waals surface area contributed by atoms with Crippen molar-refractivity contribution in [3.05, 3.63) is 27.8 Å². The van der Waals surface area contributed by atoms with E-state index in [2.05, 4.69) is 39.9 Å². The lowest BCUT2D eigenvalue weighted by atomic mass is 10.4. The summed E-state index contributed by atoms with van der Waals surface area (Å²) in [5, 5.41) is 14.2. The van der Waals surface area contributed by atoms with Crippen molar-refractivity contribution in [2.24, 2.45) is 0 Å². The van der Waals surface area contributed by atoms with E-state index in [-0.39, 0.29) is 0 Å². The normalized spacial score (nSPS) is 10.8. The predicted octanol–water partition coefficient (Wildman–Crippen LogP) is 2.42. The van der Waals surface area contributed by atoms with E-state index in [1.807, 2.05) is 18.3 Å². The van der Waals surface area contributed by atoms with Gasteiger partial charge in [0.1, 0.15) is 0 Å². The van der Waals surface area contributed by atoms with Crippen LogP contribution in [-0.2, 0) is 19.5 Å². The molecule has 98 valence electrons. The van der Waals surface area contributed by atoms with Crippen molar-refractivity contribution >= 4 is 17.4 Å². The Kier molecular flexibility index (Phi) is 4.72. The van der Waals surface area contributed by atoms with E-state index in [0.717, 1.165) is 19.5 Å². The van der Waals surface area contributed by atoms with Gasteiger partial charge in [-0.05, 0) is 25.1 Å². The van der Waals surface area contributed by atoms with E-state index in [1.165, 1.54) is 9.75 Å². The number of thiophene rings is 1. The molecule has 0 bridgehead atoms. The van der Waals surface area contributed by atoms with Crippen LogP contribution >= 0.6 is 11.3 Å². The van der Waals surface area contributed by atoms with Crippen LogP contribution in [0.4, 0.5) is 6.01 Å². The van der Waals surface area contributed by atoms with Crippen LogP contribution in [0.15, 0.2) is 16.5 Å². The molecule has 2 N–H and O–H groups in total. The number of rotatable bonds is 7. The van der Waals surface area contributed by atoms with Gasteiger partial charge in [-0.2, -0.15) is 0 Å². The van der Waals surface area contributed by atoms with Crippen molar-refractivity contribution in [1.29, 1.82) is 0 Å². The van der Waals surface area contributed by atoms with E-state index < -0.39 is 0 Å². The van der Waals surface area contributed by atoms with Crippen LogP contribution in [0, 0.1) is 0 Å². The smallest absolute Gasteiger partial charge is 0.315 e. The molecule has 0 aliphatic rings. The van der Waals surface area contributed by atoms with Gasteiger partial charge in [0.2, 0.25) is 5.89 Å². The zero-order valence-corrected chi connectivity index (χ0v) is 11.5. The summed E-state index contributed by atoms with van der Waals surface area (Å²) in [7, 11) is 0. The second-order valence-electron chi connectivity index (χ2n) is 3.86. The maximum Gasteiger partial charge on any atom is 0.315 e. The number of hydrogen-bond acceptors (Lipinski definition) is 6. The summed E-state index contributed by atoms with van der Waals surface area (Å²) >= 11 is 1.81. The molecule has 0 radical (unpaired) electrons. The fourth-order valence-electron chi connectivity index (χ4n) is 1.50. The van der Waals surface area contributed by atoms with Gasteiger partial charge >= 0.3 is 6.01 Å². The van der Waals surface area contributed by atoms with Crippen molar-refractivity contribution in [3.8, 4) is 0 Å². The first-order chi connectivity index (χ1) is 8.81. The van der Waals surface area contributed by atoms with Gasteiger partial charge in [0.05, 0.1) is 13.1 Å². The first-order valence-corrected chi connectivity index (χ1v) is 6.98. The third-order valence-corrected chi connectivity index (χ3v) is 3.70. The topological polar surface area (TPSA) is 63.0 Å². The first kappa shape index (κ1) is 13.0. The molecule has 6 heteroatoms. The summed E-state index contributed by atoms with van der Waals surface area (Å²) in [6.07, 6.45) is 1.08. The molecule has 18 heavy (non-hydrogen) atoms. The number of hydrogen-bond donors (Lipinski definition) is 2. The van der Waals surface area contributed by atoms with Gasteiger partial charge < -0.3 is 15.1 Å². The summed E-state index contributed by atoms with van der Waals surface area (Å²) in [5.41, 5.74) is 0. The number of aromatic nitrogens is 2. The Hall–Kier alpha value is -1.40. The highest BCUT2D eigenvalue weighted by Crippen LogP contribution is 2.18. The lowest BCUT2D eigenvalue weighted by molar-refractivity contribution is 0.481. The zero-order chi connectivity index (χ0) is 12.8. The Morgan fingerprint density at radius 1 is 1.17 bits per heavy atom.